The minimum atomic E-state index is -0.632. The van der Waals surface area contributed by atoms with Crippen molar-refractivity contribution in [3.8, 4) is 11.3 Å². The number of hydrogen-bond acceptors (Lipinski definition) is 4. The average Bonchev–Trinajstić information content (AvgIpc) is 2.76. The molecule has 1 amide bonds. The van der Waals surface area contributed by atoms with E-state index in [0.29, 0.717) is 29.7 Å². The summed E-state index contributed by atoms with van der Waals surface area (Å²) in [4.78, 5) is 19.3. The first-order chi connectivity index (χ1) is 14.5. The number of nitrogens with one attached hydrogen (secondary N) is 1. The van der Waals surface area contributed by atoms with Crippen molar-refractivity contribution in [3.63, 3.8) is 0 Å². The van der Waals surface area contributed by atoms with Crippen LogP contribution >= 0.6 is 0 Å². The molecular weight excluding hydrogens is 381 g/mol. The normalized spacial score (nSPS) is 25.1. The Morgan fingerprint density at radius 2 is 1.93 bits per heavy atom. The van der Waals surface area contributed by atoms with Gasteiger partial charge in [-0.2, -0.15) is 0 Å². The zero-order valence-corrected chi connectivity index (χ0v) is 17.3. The molecule has 0 spiro atoms. The molecule has 1 aromatic heterocycles. The lowest BCUT2D eigenvalue weighted by atomic mass is 9.81. The van der Waals surface area contributed by atoms with E-state index < -0.39 is 5.60 Å². The summed E-state index contributed by atoms with van der Waals surface area (Å²) in [6, 6.07) is 9.78. The van der Waals surface area contributed by atoms with Crippen molar-refractivity contribution in [2.75, 3.05) is 19.6 Å². The molecule has 2 heterocycles. The summed E-state index contributed by atoms with van der Waals surface area (Å²) >= 11 is 0. The Bertz CT molecular complexity index is 857. The molecule has 0 bridgehead atoms. The van der Waals surface area contributed by atoms with Crippen molar-refractivity contribution in [1.29, 1.82) is 0 Å². The van der Waals surface area contributed by atoms with E-state index in [9.17, 15) is 14.3 Å². The van der Waals surface area contributed by atoms with Gasteiger partial charge in [0.25, 0.3) is 5.91 Å². The molecule has 6 heteroatoms. The van der Waals surface area contributed by atoms with E-state index in [1.165, 1.54) is 37.6 Å². The Morgan fingerprint density at radius 1 is 1.17 bits per heavy atom. The fraction of sp³-hybridized carbons (Fsp3) is 0.500. The number of nitrogens with zero attached hydrogens (tertiary/aromatic N) is 2. The molecule has 30 heavy (non-hydrogen) atoms. The van der Waals surface area contributed by atoms with Crippen LogP contribution < -0.4 is 5.32 Å². The lowest BCUT2D eigenvalue weighted by Crippen LogP contribution is -2.50. The first kappa shape index (κ1) is 20.9. The molecule has 4 rings (SSSR count). The molecular formula is C24H30FN3O2. The van der Waals surface area contributed by atoms with Crippen LogP contribution in [0.5, 0.6) is 0 Å². The molecule has 0 radical (unpaired) electrons. The summed E-state index contributed by atoms with van der Waals surface area (Å²) in [5.41, 5.74) is 1.17. The minimum Gasteiger partial charge on any atom is -0.389 e. The van der Waals surface area contributed by atoms with Crippen LogP contribution in [0.2, 0.25) is 0 Å². The van der Waals surface area contributed by atoms with Gasteiger partial charge in [0.05, 0.1) is 16.9 Å². The van der Waals surface area contributed by atoms with Gasteiger partial charge in [0, 0.05) is 24.3 Å². The van der Waals surface area contributed by atoms with Crippen LogP contribution in [0, 0.1) is 5.82 Å². The molecule has 1 aromatic carbocycles. The molecule has 1 saturated carbocycles. The number of halogens is 1. The van der Waals surface area contributed by atoms with E-state index in [0.717, 1.165) is 32.5 Å². The zero-order valence-electron chi connectivity index (χ0n) is 17.3. The maximum absolute atomic E-state index is 13.4. The molecule has 0 atom stereocenters. The zero-order chi connectivity index (χ0) is 21.0. The van der Waals surface area contributed by atoms with Crippen LogP contribution in [0.25, 0.3) is 11.3 Å². The first-order valence-corrected chi connectivity index (χ1v) is 11.0. The third kappa shape index (κ3) is 5.24. The molecule has 2 N–H and O–H groups in total. The number of amides is 1. The van der Waals surface area contributed by atoms with E-state index in [1.807, 2.05) is 0 Å². The van der Waals surface area contributed by atoms with Gasteiger partial charge in [-0.3, -0.25) is 9.78 Å². The standard InChI is InChI=1S/C24H30FN3O2/c25-20-6-4-5-18(15-20)22-8-7-19(16-26-22)23(29)27-21-9-11-24(30,12-10-21)17-28-13-2-1-3-14-28/h4-8,15-16,21,30H,1-3,9-14,17H2,(H,27,29). The number of carbonyl (C=O) groups is 1. The molecule has 2 aromatic rings. The Hall–Kier alpha value is -2.31. The second-order valence-electron chi connectivity index (χ2n) is 8.75. The van der Waals surface area contributed by atoms with Gasteiger partial charge in [0.1, 0.15) is 5.82 Å². The summed E-state index contributed by atoms with van der Waals surface area (Å²) < 4.78 is 13.4. The number of piperidine rings is 1. The SMILES string of the molecule is O=C(NC1CCC(O)(CN2CCCCC2)CC1)c1ccc(-c2cccc(F)c2)nc1. The number of β-amino-alcohol motifs (C(OH)–C–C–N with tert-alkyl or cyclic N) is 1. The van der Waals surface area contributed by atoms with Crippen LogP contribution in [0.1, 0.15) is 55.3 Å². The highest BCUT2D eigenvalue weighted by atomic mass is 19.1. The van der Waals surface area contributed by atoms with Gasteiger partial charge in [-0.05, 0) is 75.9 Å². The van der Waals surface area contributed by atoms with Crippen molar-refractivity contribution >= 4 is 5.91 Å². The molecule has 2 aliphatic rings. The lowest BCUT2D eigenvalue weighted by molar-refractivity contribution is -0.0349. The minimum absolute atomic E-state index is 0.0713. The number of hydrogen-bond donors (Lipinski definition) is 2. The van der Waals surface area contributed by atoms with E-state index in [-0.39, 0.29) is 17.8 Å². The second kappa shape index (κ2) is 9.23. The van der Waals surface area contributed by atoms with Crippen LogP contribution in [0.15, 0.2) is 42.6 Å². The number of aliphatic hydroxyl groups is 1. The smallest absolute Gasteiger partial charge is 0.253 e. The Kier molecular flexibility index (Phi) is 6.44. The third-order valence-electron chi connectivity index (χ3n) is 6.36. The van der Waals surface area contributed by atoms with Crippen LogP contribution in [0.3, 0.4) is 0 Å². The highest BCUT2D eigenvalue weighted by Crippen LogP contribution is 2.30. The summed E-state index contributed by atoms with van der Waals surface area (Å²) in [6.45, 7) is 2.92. The quantitative estimate of drug-likeness (QED) is 0.786. The molecule has 5 nitrogen and oxygen atoms in total. The van der Waals surface area contributed by atoms with E-state index in [2.05, 4.69) is 15.2 Å². The van der Waals surface area contributed by atoms with Crippen LogP contribution in [0.4, 0.5) is 4.39 Å². The van der Waals surface area contributed by atoms with E-state index in [4.69, 9.17) is 0 Å². The second-order valence-corrected chi connectivity index (χ2v) is 8.75. The van der Waals surface area contributed by atoms with Gasteiger partial charge in [-0.15, -0.1) is 0 Å². The number of benzene rings is 1. The molecule has 1 saturated heterocycles. The maximum Gasteiger partial charge on any atom is 0.253 e. The predicted molar refractivity (Wildman–Crippen MR) is 115 cm³/mol. The van der Waals surface area contributed by atoms with Gasteiger partial charge in [0.15, 0.2) is 0 Å². The van der Waals surface area contributed by atoms with Gasteiger partial charge < -0.3 is 15.3 Å². The summed E-state index contributed by atoms with van der Waals surface area (Å²) in [6.07, 6.45) is 8.26. The summed E-state index contributed by atoms with van der Waals surface area (Å²) in [5, 5.41) is 14.0. The molecule has 0 unspecified atom stereocenters. The van der Waals surface area contributed by atoms with E-state index >= 15 is 0 Å². The third-order valence-corrected chi connectivity index (χ3v) is 6.36. The first-order valence-electron chi connectivity index (χ1n) is 11.0. The molecule has 2 fully saturated rings. The van der Waals surface area contributed by atoms with Crippen molar-refractivity contribution in [3.05, 3.63) is 54.0 Å². The highest BCUT2D eigenvalue weighted by Gasteiger charge is 2.35. The number of pyridine rings is 1. The van der Waals surface area contributed by atoms with E-state index in [1.54, 1.807) is 24.3 Å². The predicted octanol–water partition coefficient (Wildman–Crippen LogP) is 3.78. The van der Waals surface area contributed by atoms with Gasteiger partial charge in [0.2, 0.25) is 0 Å². The van der Waals surface area contributed by atoms with Gasteiger partial charge >= 0.3 is 0 Å². The number of carbonyl (C=O) groups excluding carboxylic acids is 1. The van der Waals surface area contributed by atoms with Crippen LogP contribution in [-0.2, 0) is 0 Å². The van der Waals surface area contributed by atoms with Crippen molar-refractivity contribution in [2.45, 2.75) is 56.6 Å². The number of rotatable bonds is 5. The summed E-state index contributed by atoms with van der Waals surface area (Å²) in [7, 11) is 0. The Labute approximate surface area is 177 Å². The number of likely N-dealkylation sites (tertiary alicyclic amines) is 1. The Balaban J connectivity index is 1.29. The largest absolute Gasteiger partial charge is 0.389 e. The number of aromatic nitrogens is 1. The monoisotopic (exact) mass is 411 g/mol. The average molecular weight is 412 g/mol. The molecule has 1 aliphatic carbocycles. The van der Waals surface area contributed by atoms with Gasteiger partial charge in [-0.1, -0.05) is 18.6 Å². The van der Waals surface area contributed by atoms with Crippen molar-refractivity contribution < 1.29 is 14.3 Å². The van der Waals surface area contributed by atoms with Gasteiger partial charge in [-0.25, -0.2) is 4.39 Å². The van der Waals surface area contributed by atoms with Crippen molar-refractivity contribution in [2.24, 2.45) is 0 Å². The summed E-state index contributed by atoms with van der Waals surface area (Å²) in [5.74, 6) is -0.464. The van der Waals surface area contributed by atoms with Crippen molar-refractivity contribution in [1.82, 2.24) is 15.2 Å². The fourth-order valence-electron chi connectivity index (χ4n) is 4.61. The Morgan fingerprint density at radius 3 is 2.60 bits per heavy atom. The highest BCUT2D eigenvalue weighted by molar-refractivity contribution is 5.94. The lowest BCUT2D eigenvalue weighted by Gasteiger charge is -2.40. The topological polar surface area (TPSA) is 65.5 Å². The molecule has 160 valence electrons. The fourth-order valence-corrected chi connectivity index (χ4v) is 4.61. The van der Waals surface area contributed by atoms with Crippen LogP contribution in [-0.4, -0.2) is 52.2 Å². The maximum atomic E-state index is 13.4. The molecule has 1 aliphatic heterocycles.